The Balaban J connectivity index is 1.31. The Bertz CT molecular complexity index is 860. The Kier molecular flexibility index (Phi) is 6.17. The van der Waals surface area contributed by atoms with Gasteiger partial charge in [0.1, 0.15) is 0 Å². The van der Waals surface area contributed by atoms with Crippen molar-refractivity contribution in [1.82, 2.24) is 19.7 Å². The minimum absolute atomic E-state index is 0.224. The van der Waals surface area contributed by atoms with Crippen LogP contribution >= 0.6 is 0 Å². The van der Waals surface area contributed by atoms with Crippen molar-refractivity contribution in [1.29, 1.82) is 0 Å². The van der Waals surface area contributed by atoms with Crippen LogP contribution in [0.4, 0.5) is 11.9 Å². The molecule has 3 aliphatic rings. The summed E-state index contributed by atoms with van der Waals surface area (Å²) in [6.45, 7) is 2.66. The largest absolute Gasteiger partial charge is 0.368 e. The Morgan fingerprint density at radius 2 is 1.45 bits per heavy atom. The van der Waals surface area contributed by atoms with Crippen molar-refractivity contribution in [2.45, 2.75) is 83.1 Å². The Morgan fingerprint density at radius 3 is 2.03 bits per heavy atom. The van der Waals surface area contributed by atoms with Crippen LogP contribution in [-0.4, -0.2) is 38.8 Å². The Labute approximate surface area is 186 Å². The molecule has 1 aromatic carbocycles. The van der Waals surface area contributed by atoms with Gasteiger partial charge in [0.25, 0.3) is 0 Å². The second kappa shape index (κ2) is 9.19. The zero-order valence-corrected chi connectivity index (χ0v) is 18.8. The summed E-state index contributed by atoms with van der Waals surface area (Å²) >= 11 is 0. The summed E-state index contributed by atoms with van der Waals surface area (Å²) in [5.74, 6) is 2.43. The molecule has 0 amide bonds. The first-order valence-corrected chi connectivity index (χ1v) is 12.5. The van der Waals surface area contributed by atoms with Gasteiger partial charge in [0.05, 0.1) is 5.69 Å². The van der Waals surface area contributed by atoms with Crippen LogP contribution in [0.3, 0.4) is 0 Å². The molecule has 2 saturated carbocycles. The molecule has 5 rings (SSSR count). The summed E-state index contributed by atoms with van der Waals surface area (Å²) in [5.41, 5.74) is 15.6. The van der Waals surface area contributed by atoms with E-state index in [0.29, 0.717) is 12.0 Å². The molecule has 2 aromatic rings. The molecule has 0 spiro atoms. The molecular formula is C25H38N6. The van der Waals surface area contributed by atoms with Gasteiger partial charge in [-0.1, -0.05) is 31.7 Å². The minimum atomic E-state index is 0.224. The predicted molar refractivity (Wildman–Crippen MR) is 126 cm³/mol. The third-order valence-corrected chi connectivity index (χ3v) is 8.03. The lowest BCUT2D eigenvalue weighted by atomic mass is 9.99. The molecule has 0 unspecified atom stereocenters. The second-order valence-electron chi connectivity index (χ2n) is 10.2. The van der Waals surface area contributed by atoms with Crippen molar-refractivity contribution < 1.29 is 0 Å². The Morgan fingerprint density at radius 1 is 0.839 bits per heavy atom. The lowest BCUT2D eigenvalue weighted by Gasteiger charge is -2.35. The number of nitrogens with two attached hydrogens (primary N) is 2. The molecule has 0 bridgehead atoms. The minimum Gasteiger partial charge on any atom is -0.368 e. The fraction of sp³-hybridized carbons (Fsp3) is 0.680. The third kappa shape index (κ3) is 4.74. The zero-order chi connectivity index (χ0) is 21.2. The van der Waals surface area contributed by atoms with Crippen LogP contribution < -0.4 is 11.5 Å². The van der Waals surface area contributed by atoms with Crippen molar-refractivity contribution in [2.24, 2.45) is 11.8 Å². The van der Waals surface area contributed by atoms with Crippen LogP contribution in [0.2, 0.25) is 0 Å². The van der Waals surface area contributed by atoms with Gasteiger partial charge in [0.2, 0.25) is 11.9 Å². The summed E-state index contributed by atoms with van der Waals surface area (Å²) < 4.78 is 1.66. The number of fused-ring (bicyclic) bond motifs is 1. The van der Waals surface area contributed by atoms with Crippen LogP contribution in [0.15, 0.2) is 18.2 Å². The van der Waals surface area contributed by atoms with E-state index in [1.165, 1.54) is 94.8 Å². The molecule has 3 aliphatic carbocycles. The maximum Gasteiger partial charge on any atom is 0.241 e. The predicted octanol–water partition coefficient (Wildman–Crippen LogP) is 4.36. The monoisotopic (exact) mass is 422 g/mol. The van der Waals surface area contributed by atoms with Gasteiger partial charge in [-0.05, 0) is 86.5 Å². The second-order valence-corrected chi connectivity index (χ2v) is 10.2. The molecular weight excluding hydrogens is 384 g/mol. The summed E-state index contributed by atoms with van der Waals surface area (Å²) in [6.07, 6.45) is 16.4. The summed E-state index contributed by atoms with van der Waals surface area (Å²) in [5, 5.41) is 4.26. The van der Waals surface area contributed by atoms with Gasteiger partial charge in [0.15, 0.2) is 0 Å². The molecule has 4 N–H and O–H groups in total. The number of benzene rings is 1. The molecule has 0 radical (unpaired) electrons. The van der Waals surface area contributed by atoms with Gasteiger partial charge in [0, 0.05) is 19.1 Å². The number of nitrogen functional groups attached to an aromatic ring is 2. The molecule has 1 heterocycles. The Hall–Kier alpha value is -2.08. The summed E-state index contributed by atoms with van der Waals surface area (Å²) in [7, 11) is 0. The summed E-state index contributed by atoms with van der Waals surface area (Å²) in [6, 6.07) is 7.34. The maximum absolute atomic E-state index is 6.00. The number of anilines is 2. The van der Waals surface area contributed by atoms with Crippen LogP contribution in [0.25, 0.3) is 5.69 Å². The molecule has 168 valence electrons. The molecule has 1 atom stereocenters. The fourth-order valence-electron chi connectivity index (χ4n) is 6.33. The van der Waals surface area contributed by atoms with Crippen molar-refractivity contribution in [2.75, 3.05) is 24.6 Å². The van der Waals surface area contributed by atoms with E-state index in [4.69, 9.17) is 11.5 Å². The quantitative estimate of drug-likeness (QED) is 0.676. The lowest BCUT2D eigenvalue weighted by molar-refractivity contribution is 0.130. The third-order valence-electron chi connectivity index (χ3n) is 8.03. The first kappa shape index (κ1) is 20.8. The molecule has 1 aromatic heterocycles. The maximum atomic E-state index is 6.00. The van der Waals surface area contributed by atoms with Gasteiger partial charge in [-0.3, -0.25) is 4.90 Å². The van der Waals surface area contributed by atoms with Crippen molar-refractivity contribution in [3.63, 3.8) is 0 Å². The van der Waals surface area contributed by atoms with E-state index < -0.39 is 0 Å². The average molecular weight is 423 g/mol. The SMILES string of the molecule is Nc1nc(N)n(-c2ccc3c(c2)CC[C@@H](N(CC2CCCC2)CC2CCCC2)CC3)n1. The number of aryl methyl sites for hydroxylation is 2. The highest BCUT2D eigenvalue weighted by Gasteiger charge is 2.29. The molecule has 6 nitrogen and oxygen atoms in total. The fourth-order valence-corrected chi connectivity index (χ4v) is 6.33. The van der Waals surface area contributed by atoms with Gasteiger partial charge < -0.3 is 11.5 Å². The van der Waals surface area contributed by atoms with E-state index in [9.17, 15) is 0 Å². The standard InChI is InChI=1S/C25H38N6/c26-24-28-25(27)31(29-24)23-14-10-20-9-12-22(13-11-21(20)15-23)30(16-18-5-1-2-6-18)17-19-7-3-4-8-19/h10,14-15,18-19,22H,1-9,11-13,16-17H2,(H4,26,27,28,29)/t22-/m0/s1. The normalized spacial score (nSPS) is 22.8. The number of rotatable bonds is 6. The van der Waals surface area contributed by atoms with Gasteiger partial charge in [-0.2, -0.15) is 9.67 Å². The van der Waals surface area contributed by atoms with E-state index in [-0.39, 0.29) is 5.95 Å². The molecule has 0 aliphatic heterocycles. The average Bonchev–Trinajstić information content (AvgIpc) is 3.49. The van der Waals surface area contributed by atoms with Crippen LogP contribution in [0, 0.1) is 11.8 Å². The highest BCUT2D eigenvalue weighted by Crippen LogP contribution is 2.33. The van der Waals surface area contributed by atoms with Crippen LogP contribution in [0.5, 0.6) is 0 Å². The molecule has 31 heavy (non-hydrogen) atoms. The van der Waals surface area contributed by atoms with Gasteiger partial charge in [-0.25, -0.2) is 0 Å². The topological polar surface area (TPSA) is 86.0 Å². The molecule has 2 fully saturated rings. The number of hydrogen-bond donors (Lipinski definition) is 2. The first-order valence-electron chi connectivity index (χ1n) is 12.5. The van der Waals surface area contributed by atoms with E-state index >= 15 is 0 Å². The lowest BCUT2D eigenvalue weighted by Crippen LogP contribution is -2.41. The van der Waals surface area contributed by atoms with Crippen LogP contribution in [-0.2, 0) is 12.8 Å². The number of aromatic nitrogens is 3. The number of nitrogens with zero attached hydrogens (tertiary/aromatic N) is 4. The van der Waals surface area contributed by atoms with E-state index in [0.717, 1.165) is 23.9 Å². The van der Waals surface area contributed by atoms with Crippen molar-refractivity contribution in [3.05, 3.63) is 29.3 Å². The van der Waals surface area contributed by atoms with Gasteiger partial charge in [-0.15, -0.1) is 5.10 Å². The number of hydrogen-bond acceptors (Lipinski definition) is 5. The summed E-state index contributed by atoms with van der Waals surface area (Å²) in [4.78, 5) is 6.98. The molecule has 6 heteroatoms. The highest BCUT2D eigenvalue weighted by molar-refractivity contribution is 5.45. The van der Waals surface area contributed by atoms with E-state index in [1.54, 1.807) is 4.68 Å². The van der Waals surface area contributed by atoms with E-state index in [1.807, 2.05) is 0 Å². The van der Waals surface area contributed by atoms with E-state index in [2.05, 4.69) is 33.2 Å². The first-order chi connectivity index (χ1) is 15.2. The smallest absolute Gasteiger partial charge is 0.241 e. The van der Waals surface area contributed by atoms with Gasteiger partial charge >= 0.3 is 0 Å². The van der Waals surface area contributed by atoms with Crippen molar-refractivity contribution >= 4 is 11.9 Å². The zero-order valence-electron chi connectivity index (χ0n) is 18.8. The molecule has 0 saturated heterocycles. The highest BCUT2D eigenvalue weighted by atomic mass is 15.4. The van der Waals surface area contributed by atoms with Crippen molar-refractivity contribution in [3.8, 4) is 5.69 Å². The van der Waals surface area contributed by atoms with Crippen LogP contribution in [0.1, 0.15) is 75.3 Å².